The van der Waals surface area contributed by atoms with Crippen molar-refractivity contribution in [1.29, 1.82) is 0 Å². The minimum atomic E-state index is 0.0687. The monoisotopic (exact) mass is 431 g/mol. The Morgan fingerprint density at radius 2 is 1.96 bits per heavy atom. The second-order valence-corrected chi connectivity index (χ2v) is 9.28. The van der Waals surface area contributed by atoms with Crippen LogP contribution in [0.2, 0.25) is 5.02 Å². The Balaban J connectivity index is 1.22. The molecule has 0 saturated carbocycles. The molecule has 28 heavy (non-hydrogen) atoms. The molecule has 3 heterocycles. The molecule has 1 aliphatic heterocycles. The highest BCUT2D eigenvalue weighted by Gasteiger charge is 2.21. The third kappa shape index (κ3) is 5.20. The highest BCUT2D eigenvalue weighted by atomic mass is 35.5. The molecule has 0 spiro atoms. The second kappa shape index (κ2) is 9.18. The van der Waals surface area contributed by atoms with Gasteiger partial charge in [0.1, 0.15) is 5.01 Å². The molecule has 2 aromatic heterocycles. The highest BCUT2D eigenvalue weighted by molar-refractivity contribution is 7.20. The molecule has 1 N–H and O–H groups in total. The highest BCUT2D eigenvalue weighted by Crippen LogP contribution is 2.28. The van der Waals surface area contributed by atoms with Crippen LogP contribution in [0.3, 0.4) is 0 Å². The van der Waals surface area contributed by atoms with Crippen molar-refractivity contribution in [1.82, 2.24) is 15.2 Å². The summed E-state index contributed by atoms with van der Waals surface area (Å²) in [6, 6.07) is 12.4. The summed E-state index contributed by atoms with van der Waals surface area (Å²) in [6.07, 6.45) is 2.32. The first-order valence-electron chi connectivity index (χ1n) is 9.40. The minimum absolute atomic E-state index is 0.0687. The molecule has 4 rings (SSSR count). The third-order valence-electron chi connectivity index (χ3n) is 4.90. The Morgan fingerprint density at radius 1 is 1.18 bits per heavy atom. The van der Waals surface area contributed by atoms with Crippen molar-refractivity contribution in [3.8, 4) is 9.88 Å². The lowest BCUT2D eigenvalue weighted by atomic mass is 10.0. The van der Waals surface area contributed by atoms with Gasteiger partial charge in [0.25, 0.3) is 0 Å². The van der Waals surface area contributed by atoms with E-state index in [2.05, 4.69) is 33.4 Å². The Labute approximate surface area is 178 Å². The predicted octanol–water partition coefficient (Wildman–Crippen LogP) is 4.85. The first-order chi connectivity index (χ1) is 13.7. The van der Waals surface area contributed by atoms with E-state index >= 15 is 0 Å². The zero-order valence-electron chi connectivity index (χ0n) is 15.4. The Bertz CT molecular complexity index is 900. The second-order valence-electron chi connectivity index (χ2n) is 7.04. The molecule has 4 nitrogen and oxygen atoms in total. The van der Waals surface area contributed by atoms with Crippen LogP contribution in [0.15, 0.2) is 47.2 Å². The van der Waals surface area contributed by atoms with E-state index in [0.717, 1.165) is 53.1 Å². The zero-order chi connectivity index (χ0) is 19.3. The van der Waals surface area contributed by atoms with Crippen LogP contribution in [0, 0.1) is 0 Å². The summed E-state index contributed by atoms with van der Waals surface area (Å²) in [5, 5.41) is 8.99. The van der Waals surface area contributed by atoms with Crippen molar-refractivity contribution in [3.05, 3.63) is 63.4 Å². The smallest absolute Gasteiger partial charge is 0.226 e. The van der Waals surface area contributed by atoms with Crippen LogP contribution in [0.25, 0.3) is 9.88 Å². The quantitative estimate of drug-likeness (QED) is 0.606. The number of rotatable bonds is 6. The molecule has 0 bridgehead atoms. The van der Waals surface area contributed by atoms with E-state index in [-0.39, 0.29) is 11.9 Å². The summed E-state index contributed by atoms with van der Waals surface area (Å²) in [5.41, 5.74) is 2.13. The van der Waals surface area contributed by atoms with Crippen LogP contribution < -0.4 is 5.32 Å². The first-order valence-corrected chi connectivity index (χ1v) is 11.5. The number of hydrogen-bond donors (Lipinski definition) is 1. The maximum Gasteiger partial charge on any atom is 0.226 e. The van der Waals surface area contributed by atoms with Gasteiger partial charge < -0.3 is 5.32 Å². The van der Waals surface area contributed by atoms with Gasteiger partial charge in [-0.15, -0.1) is 22.7 Å². The van der Waals surface area contributed by atoms with Crippen LogP contribution in [0.1, 0.15) is 24.1 Å². The summed E-state index contributed by atoms with van der Waals surface area (Å²) in [6.45, 7) is 2.92. The van der Waals surface area contributed by atoms with Gasteiger partial charge in [-0.2, -0.15) is 0 Å². The van der Waals surface area contributed by atoms with E-state index in [0.29, 0.717) is 6.42 Å². The number of nitrogens with zero attached hydrogens (tertiary/aromatic N) is 2. The molecule has 3 aromatic rings. The van der Waals surface area contributed by atoms with E-state index in [1.54, 1.807) is 22.7 Å². The number of hydrogen-bond acceptors (Lipinski definition) is 5. The van der Waals surface area contributed by atoms with Gasteiger partial charge in [0, 0.05) is 36.1 Å². The van der Waals surface area contributed by atoms with E-state index in [1.807, 2.05) is 29.0 Å². The third-order valence-corrected chi connectivity index (χ3v) is 7.08. The van der Waals surface area contributed by atoms with Gasteiger partial charge in [-0.25, -0.2) is 4.98 Å². The molecule has 1 aromatic carbocycles. The van der Waals surface area contributed by atoms with Crippen LogP contribution in [0.5, 0.6) is 0 Å². The molecule has 146 valence electrons. The summed E-state index contributed by atoms with van der Waals surface area (Å²) in [4.78, 5) is 20.6. The average Bonchev–Trinajstić information content (AvgIpc) is 3.37. The lowest BCUT2D eigenvalue weighted by Gasteiger charge is -2.32. The van der Waals surface area contributed by atoms with Crippen molar-refractivity contribution in [2.75, 3.05) is 13.1 Å². The van der Waals surface area contributed by atoms with Gasteiger partial charge in [-0.3, -0.25) is 9.69 Å². The lowest BCUT2D eigenvalue weighted by Crippen LogP contribution is -2.44. The van der Waals surface area contributed by atoms with Gasteiger partial charge in [-0.05, 0) is 42.0 Å². The molecule has 1 amide bonds. The van der Waals surface area contributed by atoms with Gasteiger partial charge >= 0.3 is 0 Å². The molecule has 0 unspecified atom stereocenters. The maximum atomic E-state index is 12.4. The van der Waals surface area contributed by atoms with E-state index in [4.69, 9.17) is 11.6 Å². The van der Waals surface area contributed by atoms with Gasteiger partial charge in [0.15, 0.2) is 0 Å². The van der Waals surface area contributed by atoms with E-state index < -0.39 is 0 Å². The molecule has 0 radical (unpaired) electrons. The van der Waals surface area contributed by atoms with Crippen LogP contribution in [0.4, 0.5) is 0 Å². The van der Waals surface area contributed by atoms with E-state index in [1.165, 1.54) is 5.56 Å². The number of aromatic nitrogens is 1. The van der Waals surface area contributed by atoms with Crippen molar-refractivity contribution < 1.29 is 4.79 Å². The number of amides is 1. The number of carbonyl (C=O) groups excluding carboxylic acids is 1. The van der Waals surface area contributed by atoms with Crippen LogP contribution >= 0.6 is 34.3 Å². The zero-order valence-corrected chi connectivity index (χ0v) is 17.8. The number of halogens is 1. The number of thiophene rings is 1. The topological polar surface area (TPSA) is 45.2 Å². The maximum absolute atomic E-state index is 12.4. The predicted molar refractivity (Wildman–Crippen MR) is 117 cm³/mol. The molecule has 1 aliphatic rings. The number of thiazole rings is 1. The fourth-order valence-corrected chi connectivity index (χ4v) is 5.19. The number of carbonyl (C=O) groups is 1. The summed E-state index contributed by atoms with van der Waals surface area (Å²) >= 11 is 9.23. The van der Waals surface area contributed by atoms with Crippen molar-refractivity contribution in [2.45, 2.75) is 31.8 Å². The van der Waals surface area contributed by atoms with Crippen LogP contribution in [-0.2, 0) is 17.8 Å². The molecular formula is C21H22ClN3OS2. The summed E-state index contributed by atoms with van der Waals surface area (Å²) < 4.78 is 0. The average molecular weight is 432 g/mol. The summed E-state index contributed by atoms with van der Waals surface area (Å²) in [5.74, 6) is 0.0687. The molecule has 0 aliphatic carbocycles. The SMILES string of the molecule is O=C(Cc1csc(-c2cccs2)n1)NC1CCN(Cc2ccc(Cl)cc2)CC1. The lowest BCUT2D eigenvalue weighted by molar-refractivity contribution is -0.121. The largest absolute Gasteiger partial charge is 0.353 e. The van der Waals surface area contributed by atoms with Gasteiger partial charge in [0.05, 0.1) is 17.0 Å². The fraction of sp³-hybridized carbons (Fsp3) is 0.333. The standard InChI is InChI=1S/C21H22ClN3OS2/c22-16-5-3-15(4-6-16)13-25-9-7-17(8-10-25)23-20(26)12-18-14-28-21(24-18)19-2-1-11-27-19/h1-6,11,14,17H,7-10,12-13H2,(H,23,26). The van der Waals surface area contributed by atoms with Crippen molar-refractivity contribution in [2.24, 2.45) is 0 Å². The number of piperidine rings is 1. The minimum Gasteiger partial charge on any atom is -0.353 e. The van der Waals surface area contributed by atoms with Crippen molar-refractivity contribution >= 4 is 40.2 Å². The molecule has 0 atom stereocenters. The molecule has 1 fully saturated rings. The fourth-order valence-electron chi connectivity index (χ4n) is 3.43. The molecule has 7 heteroatoms. The van der Waals surface area contributed by atoms with Crippen molar-refractivity contribution in [3.63, 3.8) is 0 Å². The number of likely N-dealkylation sites (tertiary alicyclic amines) is 1. The Kier molecular flexibility index (Phi) is 6.42. The molecular weight excluding hydrogens is 410 g/mol. The number of nitrogens with one attached hydrogen (secondary N) is 1. The van der Waals surface area contributed by atoms with Gasteiger partial charge in [0.2, 0.25) is 5.91 Å². The first kappa shape index (κ1) is 19.6. The molecule has 1 saturated heterocycles. The Morgan fingerprint density at radius 3 is 2.68 bits per heavy atom. The normalized spacial score (nSPS) is 15.6. The number of benzene rings is 1. The van der Waals surface area contributed by atoms with Gasteiger partial charge in [-0.1, -0.05) is 29.8 Å². The Hall–Kier alpha value is -1.73. The van der Waals surface area contributed by atoms with Crippen LogP contribution in [-0.4, -0.2) is 34.9 Å². The summed E-state index contributed by atoms with van der Waals surface area (Å²) in [7, 11) is 0. The van der Waals surface area contributed by atoms with E-state index in [9.17, 15) is 4.79 Å².